The van der Waals surface area contributed by atoms with Crippen LogP contribution in [0.3, 0.4) is 0 Å². The summed E-state index contributed by atoms with van der Waals surface area (Å²) in [6.07, 6.45) is -4.56. The van der Waals surface area contributed by atoms with Crippen LogP contribution in [0.5, 0.6) is 0 Å². The summed E-state index contributed by atoms with van der Waals surface area (Å²) in [5.74, 6) is 0. The largest absolute Gasteiger partial charge is 0.522 e. The van der Waals surface area contributed by atoms with Gasteiger partial charge >= 0.3 is 6.36 Å². The molecule has 0 amide bonds. The van der Waals surface area contributed by atoms with Crippen molar-refractivity contribution >= 4 is 11.4 Å². The standard InChI is InChI=1S/C12H15F3N2O/c1-9-8-16-10-4-2-3-5-11(10)17(9)6-7-18-12(13,14)15/h2-5,9,16H,6-8H2,1H3. The lowest BCUT2D eigenvalue weighted by molar-refractivity contribution is -0.323. The number of halogens is 3. The molecular formula is C12H15F3N2O. The van der Waals surface area contributed by atoms with Crippen LogP contribution < -0.4 is 10.2 Å². The third kappa shape index (κ3) is 3.07. The van der Waals surface area contributed by atoms with Crippen LogP contribution in [-0.2, 0) is 4.74 Å². The fourth-order valence-corrected chi connectivity index (χ4v) is 2.08. The van der Waals surface area contributed by atoms with Gasteiger partial charge in [0.15, 0.2) is 0 Å². The van der Waals surface area contributed by atoms with E-state index in [2.05, 4.69) is 10.1 Å². The number of alkyl halides is 3. The van der Waals surface area contributed by atoms with E-state index >= 15 is 0 Å². The Morgan fingerprint density at radius 3 is 2.83 bits per heavy atom. The van der Waals surface area contributed by atoms with E-state index in [0.29, 0.717) is 6.54 Å². The zero-order valence-corrected chi connectivity index (χ0v) is 10.00. The van der Waals surface area contributed by atoms with Crippen LogP contribution in [0.4, 0.5) is 24.5 Å². The van der Waals surface area contributed by atoms with Crippen molar-refractivity contribution in [3.8, 4) is 0 Å². The first-order chi connectivity index (χ1) is 8.47. The lowest BCUT2D eigenvalue weighted by Gasteiger charge is -2.37. The maximum atomic E-state index is 11.9. The highest BCUT2D eigenvalue weighted by molar-refractivity contribution is 5.72. The summed E-state index contributed by atoms with van der Waals surface area (Å²) in [6, 6.07) is 7.71. The Hall–Kier alpha value is -1.43. The second kappa shape index (κ2) is 5.06. The Kier molecular flexibility index (Phi) is 3.65. The van der Waals surface area contributed by atoms with Gasteiger partial charge in [-0.15, -0.1) is 13.2 Å². The molecule has 1 aliphatic heterocycles. The number of ether oxygens (including phenoxy) is 1. The fourth-order valence-electron chi connectivity index (χ4n) is 2.08. The monoisotopic (exact) mass is 260 g/mol. The van der Waals surface area contributed by atoms with Crippen LogP contribution in [-0.4, -0.2) is 32.1 Å². The van der Waals surface area contributed by atoms with Crippen LogP contribution in [0.25, 0.3) is 0 Å². The topological polar surface area (TPSA) is 24.5 Å². The third-order valence-corrected chi connectivity index (χ3v) is 2.93. The molecule has 1 atom stereocenters. The number of fused-ring (bicyclic) bond motifs is 1. The molecule has 1 heterocycles. The molecule has 3 nitrogen and oxygen atoms in total. The molecule has 0 aromatic heterocycles. The first-order valence-corrected chi connectivity index (χ1v) is 5.77. The molecule has 0 saturated heterocycles. The molecule has 2 rings (SSSR count). The van der Waals surface area contributed by atoms with E-state index < -0.39 is 6.36 Å². The summed E-state index contributed by atoms with van der Waals surface area (Å²) in [5.41, 5.74) is 1.87. The smallest absolute Gasteiger partial charge is 0.381 e. The van der Waals surface area contributed by atoms with Gasteiger partial charge in [-0.1, -0.05) is 12.1 Å². The SMILES string of the molecule is CC1CNc2ccccc2N1CCOC(F)(F)F. The average molecular weight is 260 g/mol. The van der Waals surface area contributed by atoms with Gasteiger partial charge in [-0.3, -0.25) is 4.74 Å². The van der Waals surface area contributed by atoms with Crippen LogP contribution >= 0.6 is 0 Å². The molecule has 6 heteroatoms. The van der Waals surface area contributed by atoms with Crippen molar-refractivity contribution in [2.24, 2.45) is 0 Å². The van der Waals surface area contributed by atoms with E-state index in [-0.39, 0.29) is 19.2 Å². The number of para-hydroxylation sites is 2. The highest BCUT2D eigenvalue weighted by Crippen LogP contribution is 2.30. The molecule has 0 radical (unpaired) electrons. The van der Waals surface area contributed by atoms with Crippen molar-refractivity contribution in [2.45, 2.75) is 19.3 Å². The summed E-state index contributed by atoms with van der Waals surface area (Å²) in [4.78, 5) is 1.93. The Labute approximate surface area is 104 Å². The van der Waals surface area contributed by atoms with Crippen molar-refractivity contribution in [3.63, 3.8) is 0 Å². The van der Waals surface area contributed by atoms with E-state index in [0.717, 1.165) is 11.4 Å². The summed E-state index contributed by atoms with van der Waals surface area (Å²) in [5, 5.41) is 3.24. The van der Waals surface area contributed by atoms with Gasteiger partial charge in [0.25, 0.3) is 0 Å². The molecule has 18 heavy (non-hydrogen) atoms. The molecule has 0 saturated carbocycles. The molecule has 1 aliphatic rings. The zero-order valence-electron chi connectivity index (χ0n) is 10.00. The van der Waals surface area contributed by atoms with Crippen LogP contribution in [0.2, 0.25) is 0 Å². The number of nitrogens with one attached hydrogen (secondary N) is 1. The van der Waals surface area contributed by atoms with Crippen molar-refractivity contribution in [1.29, 1.82) is 0 Å². The molecule has 1 aromatic carbocycles. The maximum absolute atomic E-state index is 11.9. The first-order valence-electron chi connectivity index (χ1n) is 5.77. The lowest BCUT2D eigenvalue weighted by Crippen LogP contribution is -2.44. The average Bonchev–Trinajstić information content (AvgIpc) is 2.31. The second-order valence-corrected chi connectivity index (χ2v) is 4.23. The van der Waals surface area contributed by atoms with Crippen LogP contribution in [0, 0.1) is 0 Å². The third-order valence-electron chi connectivity index (χ3n) is 2.93. The van der Waals surface area contributed by atoms with Gasteiger partial charge in [-0.25, -0.2) is 0 Å². The first kappa shape index (κ1) is 13.0. The Balaban J connectivity index is 2.03. The van der Waals surface area contributed by atoms with E-state index in [1.807, 2.05) is 36.1 Å². The van der Waals surface area contributed by atoms with E-state index in [4.69, 9.17) is 0 Å². The molecular weight excluding hydrogens is 245 g/mol. The molecule has 0 fully saturated rings. The molecule has 0 bridgehead atoms. The molecule has 1 unspecified atom stereocenters. The Bertz CT molecular complexity index is 409. The number of rotatable bonds is 3. The maximum Gasteiger partial charge on any atom is 0.522 e. The highest BCUT2D eigenvalue weighted by atomic mass is 19.4. The van der Waals surface area contributed by atoms with Gasteiger partial charge in [0.05, 0.1) is 18.0 Å². The predicted octanol–water partition coefficient (Wildman–Crippen LogP) is 2.84. The van der Waals surface area contributed by atoms with Crippen molar-refractivity contribution in [1.82, 2.24) is 0 Å². The lowest BCUT2D eigenvalue weighted by atomic mass is 10.1. The predicted molar refractivity (Wildman–Crippen MR) is 63.7 cm³/mol. The van der Waals surface area contributed by atoms with Gasteiger partial charge in [-0.05, 0) is 19.1 Å². The van der Waals surface area contributed by atoms with E-state index in [1.165, 1.54) is 0 Å². The molecule has 1 aromatic rings. The van der Waals surface area contributed by atoms with Crippen LogP contribution in [0.1, 0.15) is 6.92 Å². The second-order valence-electron chi connectivity index (χ2n) is 4.23. The summed E-state index contributed by atoms with van der Waals surface area (Å²) in [7, 11) is 0. The Morgan fingerprint density at radius 2 is 2.11 bits per heavy atom. The fraction of sp³-hybridized carbons (Fsp3) is 0.500. The van der Waals surface area contributed by atoms with Crippen LogP contribution in [0.15, 0.2) is 24.3 Å². The molecule has 100 valence electrons. The van der Waals surface area contributed by atoms with E-state index in [9.17, 15) is 13.2 Å². The van der Waals surface area contributed by atoms with Gasteiger partial charge in [0, 0.05) is 19.1 Å². The van der Waals surface area contributed by atoms with Gasteiger partial charge < -0.3 is 10.2 Å². The Morgan fingerprint density at radius 1 is 1.39 bits per heavy atom. The van der Waals surface area contributed by atoms with Crippen molar-refractivity contribution in [2.75, 3.05) is 29.9 Å². The van der Waals surface area contributed by atoms with Gasteiger partial charge in [-0.2, -0.15) is 0 Å². The van der Waals surface area contributed by atoms with Crippen molar-refractivity contribution < 1.29 is 17.9 Å². The zero-order chi connectivity index (χ0) is 13.2. The van der Waals surface area contributed by atoms with E-state index in [1.54, 1.807) is 0 Å². The van der Waals surface area contributed by atoms with Gasteiger partial charge in [0.2, 0.25) is 0 Å². The molecule has 0 aliphatic carbocycles. The van der Waals surface area contributed by atoms with Crippen molar-refractivity contribution in [3.05, 3.63) is 24.3 Å². The number of nitrogens with zero attached hydrogens (tertiary/aromatic N) is 1. The summed E-state index contributed by atoms with van der Waals surface area (Å²) in [6.45, 7) is 2.54. The minimum absolute atomic E-state index is 0.136. The quantitative estimate of drug-likeness (QED) is 0.904. The highest BCUT2D eigenvalue weighted by Gasteiger charge is 2.30. The molecule has 1 N–H and O–H groups in total. The summed E-state index contributed by atoms with van der Waals surface area (Å²) >= 11 is 0. The molecule has 0 spiro atoms. The minimum Gasteiger partial charge on any atom is -0.381 e. The number of anilines is 2. The normalized spacial score (nSPS) is 19.3. The summed E-state index contributed by atoms with van der Waals surface area (Å²) < 4.78 is 39.7. The number of hydrogen-bond acceptors (Lipinski definition) is 3. The minimum atomic E-state index is -4.56. The number of benzene rings is 1. The number of hydrogen-bond donors (Lipinski definition) is 1. The van der Waals surface area contributed by atoms with Gasteiger partial charge in [0.1, 0.15) is 0 Å².